The van der Waals surface area contributed by atoms with Crippen LogP contribution < -0.4 is 0 Å². The van der Waals surface area contributed by atoms with Gasteiger partial charge in [0.25, 0.3) is 11.6 Å². The second-order valence-electron chi connectivity index (χ2n) is 4.46. The van der Waals surface area contributed by atoms with Crippen molar-refractivity contribution in [1.82, 2.24) is 4.90 Å². The third-order valence-electron chi connectivity index (χ3n) is 2.73. The van der Waals surface area contributed by atoms with E-state index in [1.807, 2.05) is 0 Å². The molecule has 1 aromatic carbocycles. The highest BCUT2D eigenvalue weighted by Gasteiger charge is 2.53. The zero-order valence-electron chi connectivity index (χ0n) is 10.6. The lowest BCUT2D eigenvalue weighted by Crippen LogP contribution is -2.56. The van der Waals surface area contributed by atoms with Crippen LogP contribution in [-0.4, -0.2) is 41.0 Å². The molecule has 11 heteroatoms. The maximum absolute atomic E-state index is 13.5. The van der Waals surface area contributed by atoms with E-state index in [1.54, 1.807) is 0 Å². The van der Waals surface area contributed by atoms with Crippen LogP contribution in [0.15, 0.2) is 18.2 Å². The Hall–Kier alpha value is -2.30. The molecule has 0 aliphatic carbocycles. The molecule has 1 saturated heterocycles. The Labute approximate surface area is 119 Å². The fourth-order valence-electron chi connectivity index (χ4n) is 1.89. The Morgan fingerprint density at radius 1 is 1.23 bits per heavy atom. The van der Waals surface area contributed by atoms with Gasteiger partial charge in [0.1, 0.15) is 18.9 Å². The molecule has 6 nitrogen and oxygen atoms in total. The zero-order valence-corrected chi connectivity index (χ0v) is 10.6. The number of amides is 1. The number of nitro benzene ring substituents is 1. The van der Waals surface area contributed by atoms with Gasteiger partial charge in [-0.15, -0.1) is 0 Å². The predicted octanol–water partition coefficient (Wildman–Crippen LogP) is 2.39. The van der Waals surface area contributed by atoms with Gasteiger partial charge >= 0.3 is 12.2 Å². The summed E-state index contributed by atoms with van der Waals surface area (Å²) in [4.78, 5) is 21.5. The van der Waals surface area contributed by atoms with Gasteiger partial charge < -0.3 is 4.90 Å². The molecule has 22 heavy (non-hydrogen) atoms. The smallest absolute Gasteiger partial charge is 0.321 e. The highest BCUT2D eigenvalue weighted by atomic mass is 19.3. The molecule has 1 aliphatic rings. The van der Waals surface area contributed by atoms with Crippen LogP contribution in [0.2, 0.25) is 0 Å². The van der Waals surface area contributed by atoms with E-state index in [1.165, 1.54) is 0 Å². The second-order valence-corrected chi connectivity index (χ2v) is 4.46. The predicted molar refractivity (Wildman–Crippen MR) is 59.9 cm³/mol. The van der Waals surface area contributed by atoms with E-state index in [-0.39, 0.29) is 4.90 Å². The van der Waals surface area contributed by atoms with Crippen molar-refractivity contribution in [2.45, 2.75) is 12.2 Å². The van der Waals surface area contributed by atoms with Crippen molar-refractivity contribution >= 4 is 11.6 Å². The van der Waals surface area contributed by atoms with Crippen molar-refractivity contribution in [3.63, 3.8) is 0 Å². The number of rotatable bonds is 2. The van der Waals surface area contributed by atoms with Crippen LogP contribution in [0.5, 0.6) is 0 Å². The van der Waals surface area contributed by atoms with Gasteiger partial charge in [0.15, 0.2) is 0 Å². The van der Waals surface area contributed by atoms with Crippen LogP contribution >= 0.6 is 0 Å². The summed E-state index contributed by atoms with van der Waals surface area (Å²) in [5, 5.41) is 10.6. The summed E-state index contributed by atoms with van der Waals surface area (Å²) in [6, 6.07) is 1.81. The molecule has 0 radical (unpaired) electrons. The first-order valence-corrected chi connectivity index (χ1v) is 5.70. The zero-order chi connectivity index (χ0) is 16.7. The van der Waals surface area contributed by atoms with Gasteiger partial charge in [0, 0.05) is 12.1 Å². The summed E-state index contributed by atoms with van der Waals surface area (Å²) in [6.45, 7) is -3.05. The average molecular weight is 326 g/mol. The highest BCUT2D eigenvalue weighted by molar-refractivity contribution is 5.95. The topological polar surface area (TPSA) is 72.7 Å². The SMILES string of the molecule is O=C(c1cc([N+](=O)[O-])ccc1F)N1CC(F)(F)OC(F)(F)C1. The molecular weight excluding hydrogens is 319 g/mol. The van der Waals surface area contributed by atoms with Crippen molar-refractivity contribution in [2.75, 3.05) is 13.1 Å². The van der Waals surface area contributed by atoms with Crippen LogP contribution in [-0.2, 0) is 4.74 Å². The largest absolute Gasteiger partial charge is 0.377 e. The van der Waals surface area contributed by atoms with E-state index in [2.05, 4.69) is 4.74 Å². The maximum atomic E-state index is 13.5. The van der Waals surface area contributed by atoms with Gasteiger partial charge in [-0.2, -0.15) is 17.6 Å². The number of alkyl halides is 4. The summed E-state index contributed by atoms with van der Waals surface area (Å²) in [5.41, 5.74) is -1.64. The summed E-state index contributed by atoms with van der Waals surface area (Å²) < 4.78 is 68.9. The standard InChI is InChI=1S/C11H7F5N2O4/c12-8-2-1-6(18(20)21)3-7(8)9(19)17-4-10(13,14)22-11(15,16)5-17/h1-3H,4-5H2. The Balaban J connectivity index is 2.35. The Kier molecular flexibility index (Phi) is 3.77. The van der Waals surface area contributed by atoms with Gasteiger partial charge in [-0.3, -0.25) is 19.6 Å². The molecule has 1 heterocycles. The number of hydrogen-bond donors (Lipinski definition) is 0. The van der Waals surface area contributed by atoms with Crippen molar-refractivity contribution in [3.05, 3.63) is 39.7 Å². The molecule has 1 aromatic rings. The summed E-state index contributed by atoms with van der Waals surface area (Å²) in [6.07, 6.45) is -8.65. The van der Waals surface area contributed by atoms with E-state index in [4.69, 9.17) is 0 Å². The Morgan fingerprint density at radius 3 is 2.27 bits per heavy atom. The van der Waals surface area contributed by atoms with Crippen molar-refractivity contribution in [2.24, 2.45) is 0 Å². The minimum atomic E-state index is -4.32. The molecule has 2 rings (SSSR count). The third kappa shape index (κ3) is 3.30. The molecule has 120 valence electrons. The maximum Gasteiger partial charge on any atom is 0.377 e. The number of morpholine rings is 1. The number of non-ortho nitro benzene ring substituents is 1. The molecule has 1 aliphatic heterocycles. The fourth-order valence-corrected chi connectivity index (χ4v) is 1.89. The van der Waals surface area contributed by atoms with Crippen LogP contribution in [0.25, 0.3) is 0 Å². The first kappa shape index (κ1) is 16.1. The molecule has 0 N–H and O–H groups in total. The number of carbonyl (C=O) groups is 1. The van der Waals surface area contributed by atoms with E-state index < -0.39 is 53.2 Å². The highest BCUT2D eigenvalue weighted by Crippen LogP contribution is 2.34. The number of benzene rings is 1. The number of ether oxygens (including phenoxy) is 1. The van der Waals surface area contributed by atoms with Crippen molar-refractivity contribution in [1.29, 1.82) is 0 Å². The molecule has 0 atom stereocenters. The molecule has 0 bridgehead atoms. The number of nitrogens with zero attached hydrogens (tertiary/aromatic N) is 2. The molecule has 0 unspecified atom stereocenters. The number of carbonyl (C=O) groups excluding carboxylic acids is 1. The van der Waals surface area contributed by atoms with Gasteiger partial charge in [0.2, 0.25) is 0 Å². The minimum absolute atomic E-state index is 0.0222. The molecular formula is C11H7F5N2O4. The van der Waals surface area contributed by atoms with Crippen molar-refractivity contribution in [3.8, 4) is 0 Å². The Morgan fingerprint density at radius 2 is 1.77 bits per heavy atom. The molecule has 0 saturated carbocycles. The van der Waals surface area contributed by atoms with Crippen LogP contribution in [0.3, 0.4) is 0 Å². The normalized spacial score (nSPS) is 19.8. The quantitative estimate of drug-likeness (QED) is 0.475. The molecule has 0 aromatic heterocycles. The molecule has 0 spiro atoms. The van der Waals surface area contributed by atoms with E-state index in [9.17, 15) is 36.9 Å². The van der Waals surface area contributed by atoms with Gasteiger partial charge in [-0.25, -0.2) is 4.39 Å². The fraction of sp³-hybridized carbons (Fsp3) is 0.364. The van der Waals surface area contributed by atoms with E-state index >= 15 is 0 Å². The number of nitro groups is 1. The van der Waals surface area contributed by atoms with E-state index in [0.29, 0.717) is 12.1 Å². The van der Waals surface area contributed by atoms with Crippen LogP contribution in [0.1, 0.15) is 10.4 Å². The molecule has 1 fully saturated rings. The average Bonchev–Trinajstić information content (AvgIpc) is 2.34. The van der Waals surface area contributed by atoms with Gasteiger partial charge in [-0.1, -0.05) is 0 Å². The third-order valence-corrected chi connectivity index (χ3v) is 2.73. The Bertz CT molecular complexity index is 621. The van der Waals surface area contributed by atoms with Crippen LogP contribution in [0, 0.1) is 15.9 Å². The summed E-state index contributed by atoms with van der Waals surface area (Å²) in [7, 11) is 0. The van der Waals surface area contributed by atoms with E-state index in [0.717, 1.165) is 6.07 Å². The number of halogens is 5. The summed E-state index contributed by atoms with van der Waals surface area (Å²) >= 11 is 0. The first-order chi connectivity index (χ1) is 10.0. The van der Waals surface area contributed by atoms with Gasteiger partial charge in [-0.05, 0) is 6.07 Å². The van der Waals surface area contributed by atoms with Gasteiger partial charge in [0.05, 0.1) is 10.5 Å². The lowest BCUT2D eigenvalue weighted by molar-refractivity contribution is -0.400. The first-order valence-electron chi connectivity index (χ1n) is 5.70. The second kappa shape index (κ2) is 5.16. The molecule has 1 amide bonds. The lowest BCUT2D eigenvalue weighted by atomic mass is 10.1. The minimum Gasteiger partial charge on any atom is -0.321 e. The lowest BCUT2D eigenvalue weighted by Gasteiger charge is -2.36. The monoisotopic (exact) mass is 326 g/mol. The van der Waals surface area contributed by atoms with Crippen LogP contribution in [0.4, 0.5) is 27.6 Å². The van der Waals surface area contributed by atoms with Crippen molar-refractivity contribution < 1.29 is 36.4 Å². The number of hydrogen-bond acceptors (Lipinski definition) is 4. The summed E-state index contributed by atoms with van der Waals surface area (Å²) in [5.74, 6) is -2.78.